The molecule has 16 heavy (non-hydrogen) atoms. The summed E-state index contributed by atoms with van der Waals surface area (Å²) in [6.07, 6.45) is 2.16. The van der Waals surface area contributed by atoms with Crippen molar-refractivity contribution < 1.29 is 17.9 Å². The van der Waals surface area contributed by atoms with Crippen molar-refractivity contribution in [2.45, 2.75) is 13.3 Å². The minimum absolute atomic E-state index is 0.284. The van der Waals surface area contributed by atoms with Crippen LogP contribution in [0.4, 0.5) is 5.82 Å². The number of esters is 1. The van der Waals surface area contributed by atoms with Crippen LogP contribution in [0, 0.1) is 0 Å². The third-order valence-electron chi connectivity index (χ3n) is 1.89. The van der Waals surface area contributed by atoms with Crippen LogP contribution < -0.4 is 4.72 Å². The number of carbonyl (C=O) groups excluding carboxylic acids is 1. The summed E-state index contributed by atoms with van der Waals surface area (Å²) in [6.45, 7) is 1.86. The summed E-state index contributed by atoms with van der Waals surface area (Å²) >= 11 is 0. The van der Waals surface area contributed by atoms with Gasteiger partial charge < -0.3 is 4.74 Å². The number of ether oxygens (including phenoxy) is 1. The van der Waals surface area contributed by atoms with Gasteiger partial charge in [0.15, 0.2) is 5.75 Å². The smallest absolute Gasteiger partial charge is 0.322 e. The van der Waals surface area contributed by atoms with Crippen molar-refractivity contribution in [3.63, 3.8) is 0 Å². The molecule has 0 unspecified atom stereocenters. The van der Waals surface area contributed by atoms with Crippen LogP contribution in [-0.4, -0.2) is 37.4 Å². The molecule has 1 heterocycles. The highest BCUT2D eigenvalue weighted by molar-refractivity contribution is 7.93. The maximum absolute atomic E-state index is 11.5. The second kappa shape index (κ2) is 4.97. The molecule has 1 rings (SSSR count). The molecule has 1 aromatic heterocycles. The summed E-state index contributed by atoms with van der Waals surface area (Å²) in [5.74, 6) is -1.25. The number of nitrogens with zero attached hydrogens (tertiary/aromatic N) is 1. The van der Waals surface area contributed by atoms with Crippen molar-refractivity contribution in [2.75, 3.05) is 17.6 Å². The summed E-state index contributed by atoms with van der Waals surface area (Å²) in [4.78, 5) is 10.8. The molecule has 0 fully saturated rings. The zero-order chi connectivity index (χ0) is 12.2. The van der Waals surface area contributed by atoms with Crippen molar-refractivity contribution in [1.82, 2.24) is 10.2 Å². The van der Waals surface area contributed by atoms with Gasteiger partial charge in [-0.1, -0.05) is 6.92 Å². The molecule has 90 valence electrons. The maximum atomic E-state index is 11.5. The molecule has 0 aliphatic rings. The van der Waals surface area contributed by atoms with Crippen LogP contribution in [0.15, 0.2) is 6.20 Å². The van der Waals surface area contributed by atoms with Gasteiger partial charge in [0.05, 0.1) is 13.3 Å². The first-order valence-electron chi connectivity index (χ1n) is 4.58. The van der Waals surface area contributed by atoms with Gasteiger partial charge in [-0.2, -0.15) is 5.10 Å². The number of H-pyrrole nitrogens is 1. The summed E-state index contributed by atoms with van der Waals surface area (Å²) in [5, 5.41) is 6.22. The molecule has 0 bridgehead atoms. The average molecular weight is 247 g/mol. The Morgan fingerprint density at radius 1 is 1.62 bits per heavy atom. The van der Waals surface area contributed by atoms with Gasteiger partial charge in [0.2, 0.25) is 10.0 Å². The van der Waals surface area contributed by atoms with Gasteiger partial charge in [-0.3, -0.25) is 14.6 Å². The number of rotatable bonds is 5. The quantitative estimate of drug-likeness (QED) is 0.707. The number of anilines is 1. The van der Waals surface area contributed by atoms with E-state index in [1.807, 2.05) is 6.92 Å². The Morgan fingerprint density at radius 2 is 2.31 bits per heavy atom. The van der Waals surface area contributed by atoms with E-state index in [4.69, 9.17) is 0 Å². The normalized spacial score (nSPS) is 11.1. The lowest BCUT2D eigenvalue weighted by atomic mass is 10.3. The fraction of sp³-hybridized carbons (Fsp3) is 0.500. The molecule has 0 aromatic carbocycles. The number of carbonyl (C=O) groups is 1. The largest absolute Gasteiger partial charge is 0.468 e. The molecule has 0 saturated heterocycles. The second-order valence-electron chi connectivity index (χ2n) is 3.06. The molecule has 0 amide bonds. The summed E-state index contributed by atoms with van der Waals surface area (Å²) in [7, 11) is -2.61. The van der Waals surface area contributed by atoms with Crippen LogP contribution in [0.25, 0.3) is 0 Å². The Hall–Kier alpha value is -1.57. The Balaban J connectivity index is 2.77. The van der Waals surface area contributed by atoms with Gasteiger partial charge in [0.25, 0.3) is 0 Å². The molecule has 2 N–H and O–H groups in total. The second-order valence-corrected chi connectivity index (χ2v) is 4.78. The Morgan fingerprint density at radius 3 is 2.88 bits per heavy atom. The van der Waals surface area contributed by atoms with Gasteiger partial charge in [0, 0.05) is 5.56 Å². The zero-order valence-electron chi connectivity index (χ0n) is 8.98. The monoisotopic (exact) mass is 247 g/mol. The first-order valence-corrected chi connectivity index (χ1v) is 6.23. The minimum atomic E-state index is -3.74. The number of aromatic nitrogens is 2. The van der Waals surface area contributed by atoms with Crippen LogP contribution in [0.5, 0.6) is 0 Å². The molecular formula is C8H13N3O4S. The Labute approximate surface area is 93.2 Å². The third kappa shape index (κ3) is 3.23. The molecule has 0 spiro atoms. The van der Waals surface area contributed by atoms with Crippen molar-refractivity contribution in [3.05, 3.63) is 11.8 Å². The molecule has 0 aliphatic carbocycles. The molecule has 7 nitrogen and oxygen atoms in total. The fourth-order valence-corrected chi connectivity index (χ4v) is 2.06. The average Bonchev–Trinajstić information content (AvgIpc) is 2.63. The predicted molar refractivity (Wildman–Crippen MR) is 57.4 cm³/mol. The Bertz CT molecular complexity index is 465. The van der Waals surface area contributed by atoms with E-state index in [9.17, 15) is 13.2 Å². The molecule has 0 saturated carbocycles. The van der Waals surface area contributed by atoms with E-state index in [0.717, 1.165) is 12.7 Å². The van der Waals surface area contributed by atoms with Gasteiger partial charge in [-0.15, -0.1) is 0 Å². The lowest BCUT2D eigenvalue weighted by Crippen LogP contribution is -2.24. The van der Waals surface area contributed by atoms with Gasteiger partial charge in [-0.05, 0) is 6.42 Å². The first kappa shape index (κ1) is 12.5. The predicted octanol–water partition coefficient (Wildman–Crippen LogP) is -0.113. The number of sulfonamides is 1. The van der Waals surface area contributed by atoms with Gasteiger partial charge in [-0.25, -0.2) is 8.42 Å². The standard InChI is InChI=1S/C8H13N3O4S/c1-3-6-4-9-10-8(6)11-16(13,14)5-7(12)15-2/h4H,3,5H2,1-2H3,(H2,9,10,11). The van der Waals surface area contributed by atoms with E-state index in [2.05, 4.69) is 19.7 Å². The number of aryl methyl sites for hydroxylation is 1. The van der Waals surface area contributed by atoms with E-state index in [1.54, 1.807) is 0 Å². The van der Waals surface area contributed by atoms with E-state index in [1.165, 1.54) is 6.20 Å². The molecule has 0 radical (unpaired) electrons. The van der Waals surface area contributed by atoms with Crippen LogP contribution in [0.2, 0.25) is 0 Å². The third-order valence-corrected chi connectivity index (χ3v) is 3.02. The lowest BCUT2D eigenvalue weighted by molar-refractivity contribution is -0.137. The Kier molecular flexibility index (Phi) is 3.88. The van der Waals surface area contributed by atoms with Crippen molar-refractivity contribution in [2.24, 2.45) is 0 Å². The summed E-state index contributed by atoms with van der Waals surface area (Å²) in [6, 6.07) is 0. The SMILES string of the molecule is CCc1cn[nH]c1NS(=O)(=O)CC(=O)OC. The summed E-state index contributed by atoms with van der Waals surface area (Å²) in [5.41, 5.74) is 0.730. The summed E-state index contributed by atoms with van der Waals surface area (Å²) < 4.78 is 29.5. The van der Waals surface area contributed by atoms with Crippen LogP contribution in [0.1, 0.15) is 12.5 Å². The molecule has 8 heteroatoms. The van der Waals surface area contributed by atoms with E-state index in [-0.39, 0.29) is 5.82 Å². The van der Waals surface area contributed by atoms with Crippen molar-refractivity contribution in [3.8, 4) is 0 Å². The van der Waals surface area contributed by atoms with Gasteiger partial charge >= 0.3 is 5.97 Å². The van der Waals surface area contributed by atoms with E-state index >= 15 is 0 Å². The number of nitrogens with one attached hydrogen (secondary N) is 2. The molecular weight excluding hydrogens is 234 g/mol. The molecule has 0 atom stereocenters. The first-order chi connectivity index (χ1) is 7.48. The van der Waals surface area contributed by atoms with Gasteiger partial charge in [0.1, 0.15) is 5.82 Å². The lowest BCUT2D eigenvalue weighted by Gasteiger charge is -2.06. The zero-order valence-corrected chi connectivity index (χ0v) is 9.80. The fourth-order valence-electron chi connectivity index (χ4n) is 1.07. The number of hydrogen-bond acceptors (Lipinski definition) is 5. The topological polar surface area (TPSA) is 101 Å². The number of aromatic amines is 1. The molecule has 0 aliphatic heterocycles. The van der Waals surface area contributed by atoms with E-state index in [0.29, 0.717) is 6.42 Å². The number of hydrogen-bond donors (Lipinski definition) is 2. The van der Waals surface area contributed by atoms with E-state index < -0.39 is 21.7 Å². The van der Waals surface area contributed by atoms with Crippen molar-refractivity contribution in [1.29, 1.82) is 0 Å². The maximum Gasteiger partial charge on any atom is 0.322 e. The highest BCUT2D eigenvalue weighted by Gasteiger charge is 2.18. The number of methoxy groups -OCH3 is 1. The van der Waals surface area contributed by atoms with Crippen LogP contribution in [-0.2, 0) is 26.0 Å². The molecule has 1 aromatic rings. The van der Waals surface area contributed by atoms with Crippen LogP contribution in [0.3, 0.4) is 0 Å². The van der Waals surface area contributed by atoms with Crippen molar-refractivity contribution >= 4 is 21.8 Å². The highest BCUT2D eigenvalue weighted by Crippen LogP contribution is 2.13. The minimum Gasteiger partial charge on any atom is -0.468 e. The van der Waals surface area contributed by atoms with Crippen LogP contribution >= 0.6 is 0 Å². The highest BCUT2D eigenvalue weighted by atomic mass is 32.2.